The first-order valence-electron chi connectivity index (χ1n) is 6.86. The summed E-state index contributed by atoms with van der Waals surface area (Å²) in [4.78, 5) is 0. The predicted molar refractivity (Wildman–Crippen MR) is 99.6 cm³/mol. The molecule has 0 radical (unpaired) electrons. The molecule has 3 aromatic rings. The van der Waals surface area contributed by atoms with E-state index in [2.05, 4.69) is 78.5 Å². The van der Waals surface area contributed by atoms with Crippen molar-refractivity contribution in [3.8, 4) is 5.69 Å². The van der Waals surface area contributed by atoms with Gasteiger partial charge < -0.3 is 4.57 Å². The topological polar surface area (TPSA) is 4.93 Å². The maximum Gasteiger partial charge on any atom is 0 e. The van der Waals surface area contributed by atoms with E-state index < -0.39 is 0 Å². The van der Waals surface area contributed by atoms with Gasteiger partial charge in [0.05, 0.1) is 0 Å². The Labute approximate surface area is 169 Å². The smallest absolute Gasteiger partial charge is 0 e. The van der Waals surface area contributed by atoms with Crippen LogP contribution in [0.25, 0.3) is 16.5 Å². The SMILES string of the molecule is CC1=[C-]CC=C1.Cl.Cl.[Hf].c1ccc2c(c1)cc[c-]2-n1cccc1. The Bertz CT molecular complexity index is 752. The van der Waals surface area contributed by atoms with E-state index in [1.807, 2.05) is 12.1 Å². The summed E-state index contributed by atoms with van der Waals surface area (Å²) in [6.45, 7) is 2.06. The zero-order valence-electron chi connectivity index (χ0n) is 12.9. The number of nitrogens with zero attached hydrogens (tertiary/aromatic N) is 1. The molecule has 1 aliphatic carbocycles. The van der Waals surface area contributed by atoms with Gasteiger partial charge >= 0.3 is 0 Å². The van der Waals surface area contributed by atoms with Gasteiger partial charge in [-0.25, -0.2) is 11.6 Å². The first kappa shape index (κ1) is 22.0. The number of benzene rings is 1. The molecule has 1 aromatic heterocycles. The summed E-state index contributed by atoms with van der Waals surface area (Å²) in [6.07, 6.45) is 12.5. The molecule has 1 heterocycles. The van der Waals surface area contributed by atoms with Gasteiger partial charge in [0.15, 0.2) is 0 Å². The molecule has 0 amide bonds. The van der Waals surface area contributed by atoms with Crippen molar-refractivity contribution in [2.75, 3.05) is 0 Å². The van der Waals surface area contributed by atoms with Gasteiger partial charge in [0.1, 0.15) is 0 Å². The maximum absolute atomic E-state index is 3.12. The van der Waals surface area contributed by atoms with Crippen molar-refractivity contribution >= 4 is 35.6 Å². The molecule has 0 aliphatic heterocycles. The Morgan fingerprint density at radius 2 is 1.70 bits per heavy atom. The van der Waals surface area contributed by atoms with E-state index in [0.29, 0.717) is 0 Å². The average Bonchev–Trinajstić information content (AvgIpc) is 3.19. The van der Waals surface area contributed by atoms with Crippen LogP contribution in [0.1, 0.15) is 13.3 Å². The largest absolute Gasteiger partial charge is 0.403 e. The van der Waals surface area contributed by atoms with Gasteiger partial charge in [0, 0.05) is 25.8 Å². The molecular formula is C19H19Cl2HfN-2. The van der Waals surface area contributed by atoms with E-state index in [0.717, 1.165) is 6.42 Å². The fourth-order valence-electron chi connectivity index (χ4n) is 2.37. The molecule has 2 aromatic carbocycles. The van der Waals surface area contributed by atoms with E-state index in [1.165, 1.54) is 22.0 Å². The molecule has 1 aliphatic rings. The van der Waals surface area contributed by atoms with Crippen LogP contribution in [-0.4, -0.2) is 4.57 Å². The fourth-order valence-corrected chi connectivity index (χ4v) is 2.37. The molecule has 120 valence electrons. The summed E-state index contributed by atoms with van der Waals surface area (Å²) < 4.78 is 2.14. The van der Waals surface area contributed by atoms with Gasteiger partial charge in [0.25, 0.3) is 0 Å². The van der Waals surface area contributed by atoms with Crippen molar-refractivity contribution < 1.29 is 25.8 Å². The summed E-state index contributed by atoms with van der Waals surface area (Å²) in [6, 6.07) is 16.9. The standard InChI is InChI=1S/C13H10N.C6H7.2ClH.Hf/c1-2-6-12-11(5-1)7-8-13(12)14-9-3-4-10-14;1-6-4-2-3-5-6;;;/h1-10H;2,4H,3H2,1H3;2*1H;/q2*-1;;;. The molecule has 4 heteroatoms. The summed E-state index contributed by atoms with van der Waals surface area (Å²) >= 11 is 0. The molecule has 1 nitrogen and oxygen atoms in total. The van der Waals surface area contributed by atoms with E-state index in [4.69, 9.17) is 0 Å². The van der Waals surface area contributed by atoms with Crippen molar-refractivity contribution in [1.29, 1.82) is 0 Å². The summed E-state index contributed by atoms with van der Waals surface area (Å²) in [5.41, 5.74) is 2.53. The quantitative estimate of drug-likeness (QED) is 0.284. The summed E-state index contributed by atoms with van der Waals surface area (Å²) in [5.74, 6) is 0. The van der Waals surface area contributed by atoms with Crippen LogP contribution in [0.15, 0.2) is 78.6 Å². The van der Waals surface area contributed by atoms with Crippen molar-refractivity contribution in [3.63, 3.8) is 0 Å². The first-order chi connectivity index (χ1) is 9.84. The molecule has 0 fully saturated rings. The molecule has 0 saturated heterocycles. The molecule has 0 atom stereocenters. The van der Waals surface area contributed by atoms with Crippen LogP contribution in [0.4, 0.5) is 0 Å². The maximum atomic E-state index is 3.12. The van der Waals surface area contributed by atoms with Gasteiger partial charge in [-0.2, -0.15) is 6.08 Å². The van der Waals surface area contributed by atoms with Crippen LogP contribution in [0, 0.1) is 6.08 Å². The summed E-state index contributed by atoms with van der Waals surface area (Å²) in [5, 5.41) is 2.61. The Morgan fingerprint density at radius 1 is 1.00 bits per heavy atom. The van der Waals surface area contributed by atoms with Crippen molar-refractivity contribution in [1.82, 2.24) is 4.57 Å². The van der Waals surface area contributed by atoms with Gasteiger partial charge in [-0.3, -0.25) is 6.08 Å². The number of fused-ring (bicyclic) bond motifs is 1. The number of hydrogen-bond donors (Lipinski definition) is 0. The third kappa shape index (κ3) is 5.56. The van der Waals surface area contributed by atoms with Crippen molar-refractivity contribution in [2.24, 2.45) is 0 Å². The number of rotatable bonds is 1. The van der Waals surface area contributed by atoms with Crippen LogP contribution in [0.5, 0.6) is 0 Å². The van der Waals surface area contributed by atoms with Crippen molar-refractivity contribution in [2.45, 2.75) is 13.3 Å². The second-order valence-electron chi connectivity index (χ2n) is 4.86. The minimum atomic E-state index is 0. The molecule has 0 spiro atoms. The fraction of sp³-hybridized carbons (Fsp3) is 0.105. The number of halogens is 2. The van der Waals surface area contributed by atoms with Gasteiger partial charge in [0.2, 0.25) is 0 Å². The predicted octanol–water partition coefficient (Wildman–Crippen LogP) is 5.89. The zero-order chi connectivity index (χ0) is 13.8. The van der Waals surface area contributed by atoms with Crippen LogP contribution < -0.4 is 0 Å². The third-order valence-corrected chi connectivity index (χ3v) is 3.41. The Balaban J connectivity index is 0.000000469. The third-order valence-electron chi connectivity index (χ3n) is 3.41. The Morgan fingerprint density at radius 3 is 2.26 bits per heavy atom. The van der Waals surface area contributed by atoms with Crippen LogP contribution in [0.2, 0.25) is 0 Å². The van der Waals surface area contributed by atoms with Crippen LogP contribution in [0.3, 0.4) is 0 Å². The second kappa shape index (κ2) is 10.7. The molecule has 4 rings (SSSR count). The molecular weight excluding hydrogens is 492 g/mol. The van der Waals surface area contributed by atoms with Gasteiger partial charge in [-0.05, 0) is 18.1 Å². The van der Waals surface area contributed by atoms with Crippen LogP contribution in [-0.2, 0) is 25.8 Å². The minimum Gasteiger partial charge on any atom is -0.403 e. The molecule has 23 heavy (non-hydrogen) atoms. The normalized spacial score (nSPS) is 11.4. The van der Waals surface area contributed by atoms with Crippen LogP contribution >= 0.6 is 24.8 Å². The molecule has 0 bridgehead atoms. The monoisotopic (exact) mass is 511 g/mol. The van der Waals surface area contributed by atoms with Gasteiger partial charge in [-0.1, -0.05) is 54.1 Å². The Kier molecular flexibility index (Phi) is 10.3. The number of hydrogen-bond acceptors (Lipinski definition) is 0. The molecule has 0 saturated carbocycles. The number of allylic oxidation sites excluding steroid dienone is 4. The molecule has 0 unspecified atom stereocenters. The van der Waals surface area contributed by atoms with E-state index in [1.54, 1.807) is 0 Å². The Hall–Kier alpha value is -0.960. The summed E-state index contributed by atoms with van der Waals surface area (Å²) in [7, 11) is 0. The zero-order valence-corrected chi connectivity index (χ0v) is 18.1. The van der Waals surface area contributed by atoms with E-state index in [-0.39, 0.29) is 50.7 Å². The van der Waals surface area contributed by atoms with Crippen molar-refractivity contribution in [3.05, 3.63) is 84.7 Å². The van der Waals surface area contributed by atoms with E-state index in [9.17, 15) is 0 Å². The first-order valence-corrected chi connectivity index (χ1v) is 6.86. The minimum absolute atomic E-state index is 0. The average molecular weight is 511 g/mol. The van der Waals surface area contributed by atoms with Gasteiger partial charge in [-0.15, -0.1) is 43.4 Å². The molecule has 0 N–H and O–H groups in total. The number of aromatic nitrogens is 1. The second-order valence-corrected chi connectivity index (χ2v) is 4.86. The van der Waals surface area contributed by atoms with E-state index >= 15 is 0 Å².